The smallest absolute Gasteiger partial charge is 0.233 e. The van der Waals surface area contributed by atoms with Gasteiger partial charge in [-0.3, -0.25) is 9.78 Å². The molecule has 0 bridgehead atoms. The maximum absolute atomic E-state index is 12.7. The standard InChI is InChI=1S/C26H29N7O2/c1-26(2,25(34)33(4)5)22-12-18(10-11-29-22)20-15-30-24(27)23(31-20)21-13-19(32-35-21)17-8-6-16(7-9-17)14-28-3/h6-13,15,28H,14H2,1-5H3,(H2,27,30). The van der Waals surface area contributed by atoms with E-state index < -0.39 is 5.41 Å². The van der Waals surface area contributed by atoms with E-state index in [4.69, 9.17) is 15.2 Å². The number of nitrogens with one attached hydrogen (secondary N) is 1. The minimum atomic E-state index is -0.799. The summed E-state index contributed by atoms with van der Waals surface area (Å²) in [5, 5.41) is 7.33. The molecule has 1 amide bonds. The Labute approximate surface area is 204 Å². The highest BCUT2D eigenvalue weighted by Gasteiger charge is 2.33. The van der Waals surface area contributed by atoms with Crippen molar-refractivity contribution in [1.82, 2.24) is 30.3 Å². The zero-order chi connectivity index (χ0) is 25.2. The predicted octanol–water partition coefficient (Wildman–Crippen LogP) is 3.53. The third-order valence-electron chi connectivity index (χ3n) is 5.81. The quantitative estimate of drug-likeness (QED) is 0.420. The number of carbonyl (C=O) groups is 1. The molecule has 0 radical (unpaired) electrons. The van der Waals surface area contributed by atoms with E-state index in [1.165, 1.54) is 5.56 Å². The van der Waals surface area contributed by atoms with Gasteiger partial charge in [-0.25, -0.2) is 9.97 Å². The minimum Gasteiger partial charge on any atom is -0.382 e. The lowest BCUT2D eigenvalue weighted by Gasteiger charge is -2.26. The second-order valence-corrected chi connectivity index (χ2v) is 9.05. The Kier molecular flexibility index (Phi) is 6.61. The predicted molar refractivity (Wildman–Crippen MR) is 135 cm³/mol. The molecular formula is C26H29N7O2. The van der Waals surface area contributed by atoms with E-state index in [9.17, 15) is 4.79 Å². The average molecular weight is 472 g/mol. The fourth-order valence-electron chi connectivity index (χ4n) is 3.84. The van der Waals surface area contributed by atoms with E-state index in [1.807, 2.05) is 57.3 Å². The molecule has 4 aromatic rings. The van der Waals surface area contributed by atoms with Crippen molar-refractivity contribution in [2.75, 3.05) is 26.9 Å². The molecule has 0 saturated carbocycles. The van der Waals surface area contributed by atoms with Crippen molar-refractivity contribution in [2.24, 2.45) is 0 Å². The number of amides is 1. The summed E-state index contributed by atoms with van der Waals surface area (Å²) >= 11 is 0. The van der Waals surface area contributed by atoms with Gasteiger partial charge in [0.05, 0.1) is 23.0 Å². The topological polar surface area (TPSA) is 123 Å². The molecular weight excluding hydrogens is 442 g/mol. The number of hydrogen-bond donors (Lipinski definition) is 2. The number of nitrogen functional groups attached to an aromatic ring is 1. The number of nitrogens with two attached hydrogens (primary N) is 1. The first-order chi connectivity index (χ1) is 16.7. The first kappa shape index (κ1) is 24.0. The maximum atomic E-state index is 12.7. The van der Waals surface area contributed by atoms with Gasteiger partial charge >= 0.3 is 0 Å². The van der Waals surface area contributed by atoms with E-state index in [-0.39, 0.29) is 11.7 Å². The fourth-order valence-corrected chi connectivity index (χ4v) is 3.84. The molecule has 0 fully saturated rings. The molecule has 3 N–H and O–H groups in total. The van der Waals surface area contributed by atoms with Crippen LogP contribution in [0.25, 0.3) is 34.0 Å². The number of anilines is 1. The molecule has 0 saturated heterocycles. The van der Waals surface area contributed by atoms with Gasteiger partial charge < -0.3 is 20.5 Å². The molecule has 180 valence electrons. The first-order valence-corrected chi connectivity index (χ1v) is 11.2. The largest absolute Gasteiger partial charge is 0.382 e. The van der Waals surface area contributed by atoms with Crippen molar-refractivity contribution < 1.29 is 9.32 Å². The Morgan fingerprint density at radius 2 is 1.80 bits per heavy atom. The molecule has 3 heterocycles. The van der Waals surface area contributed by atoms with Crippen molar-refractivity contribution in [1.29, 1.82) is 0 Å². The Bertz CT molecular complexity index is 1340. The van der Waals surface area contributed by atoms with Crippen LogP contribution < -0.4 is 11.1 Å². The lowest BCUT2D eigenvalue weighted by Crippen LogP contribution is -2.39. The third kappa shape index (κ3) is 4.90. The van der Waals surface area contributed by atoms with Crippen LogP contribution in [-0.2, 0) is 16.8 Å². The summed E-state index contributed by atoms with van der Waals surface area (Å²) < 4.78 is 5.58. The Morgan fingerprint density at radius 1 is 1.06 bits per heavy atom. The fraction of sp³-hybridized carbons (Fsp3) is 0.269. The van der Waals surface area contributed by atoms with Gasteiger partial charge in [-0.05, 0) is 38.6 Å². The van der Waals surface area contributed by atoms with Crippen LogP contribution in [0.1, 0.15) is 25.1 Å². The second-order valence-electron chi connectivity index (χ2n) is 9.05. The van der Waals surface area contributed by atoms with Gasteiger partial charge in [-0.1, -0.05) is 29.4 Å². The van der Waals surface area contributed by atoms with Gasteiger partial charge in [0.2, 0.25) is 5.91 Å². The Morgan fingerprint density at radius 3 is 2.49 bits per heavy atom. The van der Waals surface area contributed by atoms with Crippen molar-refractivity contribution in [2.45, 2.75) is 25.8 Å². The molecule has 0 spiro atoms. The maximum Gasteiger partial charge on any atom is 0.233 e. The van der Waals surface area contributed by atoms with Gasteiger partial charge in [0.1, 0.15) is 5.69 Å². The van der Waals surface area contributed by atoms with Gasteiger partial charge in [0, 0.05) is 44.0 Å². The molecule has 0 atom stereocenters. The van der Waals surface area contributed by atoms with Crippen LogP contribution >= 0.6 is 0 Å². The molecule has 0 unspecified atom stereocenters. The Balaban J connectivity index is 1.66. The monoisotopic (exact) mass is 471 g/mol. The van der Waals surface area contributed by atoms with Crippen molar-refractivity contribution in [3.63, 3.8) is 0 Å². The summed E-state index contributed by atoms with van der Waals surface area (Å²) in [4.78, 5) is 27.7. The van der Waals surface area contributed by atoms with E-state index >= 15 is 0 Å². The molecule has 3 aromatic heterocycles. The normalized spacial score (nSPS) is 11.5. The average Bonchev–Trinajstić information content (AvgIpc) is 3.34. The van der Waals surface area contributed by atoms with E-state index in [2.05, 4.69) is 20.4 Å². The van der Waals surface area contributed by atoms with Crippen molar-refractivity contribution in [3.05, 3.63) is 66.1 Å². The number of pyridine rings is 1. The molecule has 1 aromatic carbocycles. The second kappa shape index (κ2) is 9.63. The lowest BCUT2D eigenvalue weighted by molar-refractivity contribution is -0.133. The van der Waals surface area contributed by atoms with Crippen molar-refractivity contribution in [3.8, 4) is 34.0 Å². The van der Waals surface area contributed by atoms with E-state index in [0.29, 0.717) is 28.5 Å². The first-order valence-electron chi connectivity index (χ1n) is 11.2. The number of hydrogen-bond acceptors (Lipinski definition) is 8. The summed E-state index contributed by atoms with van der Waals surface area (Å²) in [5.74, 6) is 0.612. The molecule has 9 heteroatoms. The molecule has 35 heavy (non-hydrogen) atoms. The molecule has 0 aliphatic rings. The Hall–Kier alpha value is -4.11. The van der Waals surface area contributed by atoms with Gasteiger partial charge in [0.15, 0.2) is 17.3 Å². The van der Waals surface area contributed by atoms with Crippen LogP contribution in [0, 0.1) is 0 Å². The number of nitrogens with zero attached hydrogens (tertiary/aromatic N) is 5. The van der Waals surface area contributed by atoms with Crippen LogP contribution in [0.2, 0.25) is 0 Å². The number of rotatable bonds is 7. The SMILES string of the molecule is CNCc1ccc(-c2cc(-c3nc(-c4ccnc(C(C)(C)C(=O)N(C)C)c4)cnc3N)on2)cc1. The number of likely N-dealkylation sites (N-methyl/N-ethyl adjacent to an activating group) is 1. The summed E-state index contributed by atoms with van der Waals surface area (Å²) in [6.45, 7) is 4.49. The summed E-state index contributed by atoms with van der Waals surface area (Å²) in [6.07, 6.45) is 3.26. The van der Waals surface area contributed by atoms with Gasteiger partial charge in [-0.2, -0.15) is 0 Å². The highest BCUT2D eigenvalue weighted by atomic mass is 16.5. The molecule has 0 aliphatic heterocycles. The van der Waals surface area contributed by atoms with Crippen LogP contribution in [-0.4, -0.2) is 52.1 Å². The zero-order valence-corrected chi connectivity index (χ0v) is 20.5. The zero-order valence-electron chi connectivity index (χ0n) is 20.5. The summed E-state index contributed by atoms with van der Waals surface area (Å²) in [5.41, 5.74) is 10.5. The van der Waals surface area contributed by atoms with Crippen LogP contribution in [0.4, 0.5) is 5.82 Å². The third-order valence-corrected chi connectivity index (χ3v) is 5.81. The van der Waals surface area contributed by atoms with Crippen molar-refractivity contribution >= 4 is 11.7 Å². The van der Waals surface area contributed by atoms with E-state index in [1.54, 1.807) is 37.5 Å². The summed E-state index contributed by atoms with van der Waals surface area (Å²) in [6, 6.07) is 13.5. The number of carbonyl (C=O) groups excluding carboxylic acids is 1. The summed E-state index contributed by atoms with van der Waals surface area (Å²) in [7, 11) is 5.37. The number of benzene rings is 1. The lowest BCUT2D eigenvalue weighted by atomic mass is 9.86. The van der Waals surface area contributed by atoms with E-state index in [0.717, 1.165) is 17.7 Å². The van der Waals surface area contributed by atoms with Crippen LogP contribution in [0.5, 0.6) is 0 Å². The highest BCUT2D eigenvalue weighted by Crippen LogP contribution is 2.31. The molecule has 9 nitrogen and oxygen atoms in total. The van der Waals surface area contributed by atoms with Gasteiger partial charge in [0.25, 0.3) is 0 Å². The molecule has 4 rings (SSSR count). The van der Waals surface area contributed by atoms with Gasteiger partial charge in [-0.15, -0.1) is 0 Å². The number of aromatic nitrogens is 4. The van der Waals surface area contributed by atoms with Crippen LogP contribution in [0.15, 0.2) is 59.4 Å². The van der Waals surface area contributed by atoms with Crippen LogP contribution in [0.3, 0.4) is 0 Å². The molecule has 0 aliphatic carbocycles. The highest BCUT2D eigenvalue weighted by molar-refractivity contribution is 5.87. The minimum absolute atomic E-state index is 0.0422.